The highest BCUT2D eigenvalue weighted by Crippen LogP contribution is 2.32. The lowest BCUT2D eigenvalue weighted by atomic mass is 9.92. The quantitative estimate of drug-likeness (QED) is 0.486. The third-order valence-electron chi connectivity index (χ3n) is 4.98. The largest absolute Gasteiger partial charge is 0.206 e. The first kappa shape index (κ1) is 17.4. The maximum Gasteiger partial charge on any atom is 0.129 e. The van der Waals surface area contributed by atoms with Crippen LogP contribution in [0.2, 0.25) is 0 Å². The molecule has 0 aliphatic carbocycles. The SMILES string of the molecule is CCc1ccc(-c2ccc(-c3cc(C)c(F)c(C)c3)c(C)c2)c(C)c1. The standard InChI is InChI=1S/C24H25F/c1-6-19-7-9-22(15(2)11-19)20-8-10-23(16(3)12-20)21-13-17(4)24(25)18(5)14-21/h7-14H,6H2,1-5H3. The van der Waals surface area contributed by atoms with Crippen molar-refractivity contribution in [3.8, 4) is 22.3 Å². The summed E-state index contributed by atoms with van der Waals surface area (Å²) in [4.78, 5) is 0. The first-order chi connectivity index (χ1) is 11.9. The van der Waals surface area contributed by atoms with E-state index in [1.165, 1.54) is 27.8 Å². The highest BCUT2D eigenvalue weighted by atomic mass is 19.1. The van der Waals surface area contributed by atoms with E-state index in [-0.39, 0.29) is 5.82 Å². The van der Waals surface area contributed by atoms with Crippen molar-refractivity contribution in [2.75, 3.05) is 0 Å². The molecule has 0 amide bonds. The fourth-order valence-electron chi connectivity index (χ4n) is 3.53. The molecule has 0 saturated heterocycles. The van der Waals surface area contributed by atoms with Gasteiger partial charge in [-0.3, -0.25) is 0 Å². The molecule has 0 aliphatic rings. The summed E-state index contributed by atoms with van der Waals surface area (Å²) in [6, 6.07) is 17.1. The maximum absolute atomic E-state index is 13.9. The molecule has 0 atom stereocenters. The van der Waals surface area contributed by atoms with Gasteiger partial charge < -0.3 is 0 Å². The molecule has 128 valence electrons. The zero-order chi connectivity index (χ0) is 18.1. The summed E-state index contributed by atoms with van der Waals surface area (Å²) < 4.78 is 13.9. The van der Waals surface area contributed by atoms with E-state index in [4.69, 9.17) is 0 Å². The Balaban J connectivity index is 2.05. The molecule has 3 rings (SSSR count). The van der Waals surface area contributed by atoms with Crippen LogP contribution in [-0.4, -0.2) is 0 Å². The van der Waals surface area contributed by atoms with Crippen molar-refractivity contribution in [3.05, 3.63) is 82.2 Å². The smallest absolute Gasteiger partial charge is 0.129 e. The number of rotatable bonds is 3. The Hall–Kier alpha value is -2.41. The molecule has 1 heteroatoms. The van der Waals surface area contributed by atoms with Crippen molar-refractivity contribution in [1.29, 1.82) is 0 Å². The van der Waals surface area contributed by atoms with Crippen molar-refractivity contribution in [3.63, 3.8) is 0 Å². The van der Waals surface area contributed by atoms with Crippen LogP contribution in [0.5, 0.6) is 0 Å². The van der Waals surface area contributed by atoms with Gasteiger partial charge in [-0.1, -0.05) is 43.3 Å². The predicted molar refractivity (Wildman–Crippen MR) is 106 cm³/mol. The Bertz CT molecular complexity index is 912. The number of halogens is 1. The van der Waals surface area contributed by atoms with Gasteiger partial charge in [0.25, 0.3) is 0 Å². The lowest BCUT2D eigenvalue weighted by Gasteiger charge is -2.13. The van der Waals surface area contributed by atoms with E-state index in [9.17, 15) is 4.39 Å². The van der Waals surface area contributed by atoms with Gasteiger partial charge in [-0.2, -0.15) is 0 Å². The summed E-state index contributed by atoms with van der Waals surface area (Å²) in [7, 11) is 0. The van der Waals surface area contributed by atoms with Crippen LogP contribution in [0.25, 0.3) is 22.3 Å². The van der Waals surface area contributed by atoms with Crippen molar-refractivity contribution < 1.29 is 4.39 Å². The van der Waals surface area contributed by atoms with E-state index in [0.29, 0.717) is 11.1 Å². The van der Waals surface area contributed by atoms with Gasteiger partial charge in [0.2, 0.25) is 0 Å². The molecular formula is C24H25F. The molecule has 0 radical (unpaired) electrons. The molecule has 0 nitrogen and oxygen atoms in total. The van der Waals surface area contributed by atoms with Crippen LogP contribution in [0.15, 0.2) is 48.5 Å². The second-order valence-corrected chi connectivity index (χ2v) is 6.96. The van der Waals surface area contributed by atoms with Gasteiger partial charge in [0, 0.05) is 0 Å². The summed E-state index contributed by atoms with van der Waals surface area (Å²) in [6.07, 6.45) is 1.06. The molecule has 0 unspecified atom stereocenters. The van der Waals surface area contributed by atoms with Crippen molar-refractivity contribution in [2.24, 2.45) is 0 Å². The molecule has 0 heterocycles. The molecule has 3 aromatic carbocycles. The van der Waals surface area contributed by atoms with E-state index in [2.05, 4.69) is 57.2 Å². The van der Waals surface area contributed by atoms with Crippen LogP contribution in [0, 0.1) is 33.5 Å². The highest BCUT2D eigenvalue weighted by molar-refractivity contribution is 5.75. The molecule has 0 bridgehead atoms. The fourth-order valence-corrected chi connectivity index (χ4v) is 3.53. The van der Waals surface area contributed by atoms with Crippen LogP contribution in [-0.2, 0) is 6.42 Å². The van der Waals surface area contributed by atoms with Gasteiger partial charge in [0.15, 0.2) is 0 Å². The van der Waals surface area contributed by atoms with E-state index in [1.54, 1.807) is 0 Å². The Labute approximate surface area is 150 Å². The van der Waals surface area contributed by atoms with E-state index < -0.39 is 0 Å². The predicted octanol–water partition coefficient (Wildman–Crippen LogP) is 6.96. The zero-order valence-corrected chi connectivity index (χ0v) is 15.7. The van der Waals surface area contributed by atoms with Gasteiger partial charge in [-0.05, 0) is 96.3 Å². The molecule has 0 spiro atoms. The van der Waals surface area contributed by atoms with Gasteiger partial charge in [-0.25, -0.2) is 4.39 Å². The lowest BCUT2D eigenvalue weighted by molar-refractivity contribution is 0.609. The highest BCUT2D eigenvalue weighted by Gasteiger charge is 2.10. The van der Waals surface area contributed by atoms with Crippen molar-refractivity contribution in [1.82, 2.24) is 0 Å². The van der Waals surface area contributed by atoms with Gasteiger partial charge in [0.1, 0.15) is 5.82 Å². The summed E-state index contributed by atoms with van der Waals surface area (Å²) >= 11 is 0. The Morgan fingerprint density at radius 3 is 1.72 bits per heavy atom. The van der Waals surface area contributed by atoms with E-state index >= 15 is 0 Å². The average Bonchev–Trinajstić information content (AvgIpc) is 2.59. The molecule has 0 fully saturated rings. The van der Waals surface area contributed by atoms with Crippen LogP contribution in [0.4, 0.5) is 4.39 Å². The van der Waals surface area contributed by atoms with Gasteiger partial charge >= 0.3 is 0 Å². The van der Waals surface area contributed by atoms with Crippen LogP contribution in [0.1, 0.15) is 34.7 Å². The Kier molecular flexibility index (Phi) is 4.76. The van der Waals surface area contributed by atoms with Gasteiger partial charge in [-0.15, -0.1) is 0 Å². The molecule has 0 aromatic heterocycles. The minimum atomic E-state index is -0.107. The molecule has 0 aliphatic heterocycles. The zero-order valence-electron chi connectivity index (χ0n) is 15.7. The molecule has 0 saturated carbocycles. The van der Waals surface area contributed by atoms with Crippen LogP contribution < -0.4 is 0 Å². The molecule has 0 N–H and O–H groups in total. The summed E-state index contributed by atoms with van der Waals surface area (Å²) in [6.45, 7) is 10.1. The third-order valence-corrected chi connectivity index (χ3v) is 4.98. The monoisotopic (exact) mass is 332 g/mol. The van der Waals surface area contributed by atoms with Crippen LogP contribution in [0.3, 0.4) is 0 Å². The Morgan fingerprint density at radius 1 is 0.640 bits per heavy atom. The fraction of sp³-hybridized carbons (Fsp3) is 0.250. The lowest BCUT2D eigenvalue weighted by Crippen LogP contribution is -1.93. The van der Waals surface area contributed by atoms with E-state index in [0.717, 1.165) is 17.5 Å². The normalized spacial score (nSPS) is 11.0. The first-order valence-corrected chi connectivity index (χ1v) is 8.88. The third kappa shape index (κ3) is 3.37. The first-order valence-electron chi connectivity index (χ1n) is 8.88. The van der Waals surface area contributed by atoms with E-state index in [1.807, 2.05) is 26.0 Å². The number of hydrogen-bond acceptors (Lipinski definition) is 0. The number of benzene rings is 3. The minimum Gasteiger partial charge on any atom is -0.206 e. The second-order valence-electron chi connectivity index (χ2n) is 6.96. The van der Waals surface area contributed by atoms with Crippen molar-refractivity contribution >= 4 is 0 Å². The summed E-state index contributed by atoms with van der Waals surface area (Å²) in [5.41, 5.74) is 10.0. The van der Waals surface area contributed by atoms with Gasteiger partial charge in [0.05, 0.1) is 0 Å². The molecule has 25 heavy (non-hydrogen) atoms. The molecule has 3 aromatic rings. The maximum atomic E-state index is 13.9. The average molecular weight is 332 g/mol. The number of hydrogen-bond donors (Lipinski definition) is 0. The molecular weight excluding hydrogens is 307 g/mol. The summed E-state index contributed by atoms with van der Waals surface area (Å²) in [5.74, 6) is -0.107. The number of aryl methyl sites for hydroxylation is 5. The second kappa shape index (κ2) is 6.84. The van der Waals surface area contributed by atoms with Crippen molar-refractivity contribution in [2.45, 2.75) is 41.0 Å². The minimum absolute atomic E-state index is 0.107. The summed E-state index contributed by atoms with van der Waals surface area (Å²) in [5, 5.41) is 0. The Morgan fingerprint density at radius 2 is 1.16 bits per heavy atom. The topological polar surface area (TPSA) is 0 Å². The van der Waals surface area contributed by atoms with Crippen LogP contribution >= 0.6 is 0 Å².